The molecular weight excluding hydrogens is 641 g/mol. The first-order chi connectivity index (χ1) is 23.9. The number of hydrogen-bond donors (Lipinski definition) is 3. The molecule has 250 valence electrons. The Balaban J connectivity index is 1.46. The molecule has 10 nitrogen and oxygen atoms in total. The zero-order valence-corrected chi connectivity index (χ0v) is 28.0. The predicted molar refractivity (Wildman–Crippen MR) is 189 cm³/mol. The zero-order valence-electron chi connectivity index (χ0n) is 27.2. The maximum atomic E-state index is 14.4. The number of benzene rings is 3. The van der Waals surface area contributed by atoms with E-state index >= 15 is 0 Å². The van der Waals surface area contributed by atoms with Gasteiger partial charge in [0.05, 0.1) is 19.4 Å². The van der Waals surface area contributed by atoms with Crippen molar-refractivity contribution >= 4 is 34.8 Å². The van der Waals surface area contributed by atoms with E-state index in [1.807, 2.05) is 54.8 Å². The summed E-state index contributed by atoms with van der Waals surface area (Å²) in [5.41, 5.74) is 11.0. The van der Waals surface area contributed by atoms with Gasteiger partial charge in [-0.25, -0.2) is 9.78 Å². The summed E-state index contributed by atoms with van der Waals surface area (Å²) >= 11 is 1.57. The van der Waals surface area contributed by atoms with Crippen LogP contribution in [-0.2, 0) is 24.3 Å². The molecule has 11 heteroatoms. The quantitative estimate of drug-likeness (QED) is 0.132. The SMILES string of the molecule is CCCNC(=O)c1ccc(-c2cc3c(cc2C(=O)Nc2ccc(CN)cc2OCc2ccccc2)-c2sccc2CCO3)c(C(=O)OC)n1. The number of nitrogens with one attached hydrogen (secondary N) is 2. The number of rotatable bonds is 11. The number of pyridine rings is 1. The van der Waals surface area contributed by atoms with E-state index in [1.165, 1.54) is 13.2 Å². The van der Waals surface area contributed by atoms with Gasteiger partial charge in [-0.15, -0.1) is 11.3 Å². The van der Waals surface area contributed by atoms with Crippen LogP contribution in [0.15, 0.2) is 84.2 Å². The van der Waals surface area contributed by atoms with Crippen molar-refractivity contribution in [3.8, 4) is 33.1 Å². The molecule has 0 saturated heterocycles. The lowest BCUT2D eigenvalue weighted by molar-refractivity contribution is 0.0594. The second-order valence-corrected chi connectivity index (χ2v) is 12.3. The van der Waals surface area contributed by atoms with Crippen molar-refractivity contribution in [3.05, 3.63) is 118 Å². The molecule has 0 radical (unpaired) electrons. The summed E-state index contributed by atoms with van der Waals surface area (Å²) < 4.78 is 17.5. The highest BCUT2D eigenvalue weighted by atomic mass is 32.1. The molecule has 6 rings (SSSR count). The largest absolute Gasteiger partial charge is 0.493 e. The van der Waals surface area contributed by atoms with Crippen molar-refractivity contribution in [3.63, 3.8) is 0 Å². The van der Waals surface area contributed by atoms with Crippen LogP contribution in [0.5, 0.6) is 11.5 Å². The van der Waals surface area contributed by atoms with Crippen molar-refractivity contribution in [2.45, 2.75) is 32.9 Å². The molecule has 0 unspecified atom stereocenters. The van der Waals surface area contributed by atoms with Crippen molar-refractivity contribution < 1.29 is 28.6 Å². The fourth-order valence-electron chi connectivity index (χ4n) is 5.55. The summed E-state index contributed by atoms with van der Waals surface area (Å²) in [6.07, 6.45) is 1.44. The van der Waals surface area contributed by atoms with E-state index in [9.17, 15) is 14.4 Å². The zero-order chi connectivity index (χ0) is 34.3. The second-order valence-electron chi connectivity index (χ2n) is 11.4. The molecule has 0 saturated carbocycles. The van der Waals surface area contributed by atoms with E-state index in [0.717, 1.165) is 33.6 Å². The summed E-state index contributed by atoms with van der Waals surface area (Å²) in [6, 6.07) is 23.8. The molecule has 49 heavy (non-hydrogen) atoms. The van der Waals surface area contributed by atoms with Crippen LogP contribution in [0.4, 0.5) is 5.69 Å². The van der Waals surface area contributed by atoms with Gasteiger partial charge in [-0.2, -0.15) is 0 Å². The van der Waals surface area contributed by atoms with Crippen LogP contribution in [0.1, 0.15) is 61.4 Å². The Morgan fingerprint density at radius 1 is 0.939 bits per heavy atom. The Kier molecular flexibility index (Phi) is 10.3. The number of fused-ring (bicyclic) bond motifs is 3. The number of anilines is 1. The summed E-state index contributed by atoms with van der Waals surface area (Å²) in [4.78, 5) is 45.8. The minimum absolute atomic E-state index is 0.0537. The molecular formula is C38H36N4O6S. The maximum Gasteiger partial charge on any atom is 0.357 e. The van der Waals surface area contributed by atoms with E-state index < -0.39 is 17.8 Å². The van der Waals surface area contributed by atoms with Crippen LogP contribution >= 0.6 is 11.3 Å². The number of nitrogens with zero attached hydrogens (tertiary/aromatic N) is 1. The van der Waals surface area contributed by atoms with Gasteiger partial charge in [-0.3, -0.25) is 9.59 Å². The summed E-state index contributed by atoms with van der Waals surface area (Å²) in [5, 5.41) is 7.84. The molecule has 3 heterocycles. The van der Waals surface area contributed by atoms with Crippen LogP contribution in [0.3, 0.4) is 0 Å². The number of carbonyl (C=O) groups excluding carboxylic acids is 3. The number of ether oxygens (including phenoxy) is 3. The van der Waals surface area contributed by atoms with Crippen LogP contribution in [-0.4, -0.2) is 43.0 Å². The number of nitrogens with two attached hydrogens (primary N) is 1. The maximum absolute atomic E-state index is 14.4. The lowest BCUT2D eigenvalue weighted by Crippen LogP contribution is -2.26. The molecule has 0 bridgehead atoms. The van der Waals surface area contributed by atoms with Gasteiger partial charge in [0, 0.05) is 46.6 Å². The second kappa shape index (κ2) is 15.1. The van der Waals surface area contributed by atoms with Crippen LogP contribution in [0.2, 0.25) is 0 Å². The van der Waals surface area contributed by atoms with Crippen molar-refractivity contribution in [1.29, 1.82) is 0 Å². The fraction of sp³-hybridized carbons (Fsp3) is 0.211. The molecule has 1 aliphatic rings. The smallest absolute Gasteiger partial charge is 0.357 e. The first kappa shape index (κ1) is 33.4. The summed E-state index contributed by atoms with van der Waals surface area (Å²) in [7, 11) is 1.24. The van der Waals surface area contributed by atoms with Gasteiger partial charge >= 0.3 is 5.97 Å². The van der Waals surface area contributed by atoms with E-state index in [1.54, 1.807) is 35.6 Å². The molecule has 2 amide bonds. The Morgan fingerprint density at radius 2 is 1.78 bits per heavy atom. The van der Waals surface area contributed by atoms with Crippen molar-refractivity contribution in [1.82, 2.24) is 10.3 Å². The summed E-state index contributed by atoms with van der Waals surface area (Å²) in [5.74, 6) is -0.606. The summed E-state index contributed by atoms with van der Waals surface area (Å²) in [6.45, 7) is 3.41. The molecule has 5 aromatic rings. The highest BCUT2D eigenvalue weighted by Crippen LogP contribution is 2.43. The van der Waals surface area contributed by atoms with Gasteiger partial charge in [0.2, 0.25) is 0 Å². The molecule has 0 atom stereocenters. The van der Waals surface area contributed by atoms with Gasteiger partial charge in [-0.1, -0.05) is 43.3 Å². The van der Waals surface area contributed by atoms with Crippen molar-refractivity contribution in [2.75, 3.05) is 25.6 Å². The highest BCUT2D eigenvalue weighted by molar-refractivity contribution is 7.13. The topological polar surface area (TPSA) is 142 Å². The molecule has 0 aliphatic carbocycles. The van der Waals surface area contributed by atoms with Gasteiger partial charge in [0.25, 0.3) is 11.8 Å². The van der Waals surface area contributed by atoms with E-state index in [0.29, 0.717) is 54.4 Å². The third-order valence-electron chi connectivity index (χ3n) is 8.08. The first-order valence-corrected chi connectivity index (χ1v) is 16.8. The third kappa shape index (κ3) is 7.33. The van der Waals surface area contributed by atoms with Crippen LogP contribution in [0.25, 0.3) is 21.6 Å². The number of carbonyl (C=O) groups is 3. The Bertz CT molecular complexity index is 2010. The number of amides is 2. The van der Waals surface area contributed by atoms with E-state index in [-0.39, 0.29) is 23.6 Å². The van der Waals surface area contributed by atoms with E-state index in [2.05, 4.69) is 21.7 Å². The van der Waals surface area contributed by atoms with Crippen molar-refractivity contribution in [2.24, 2.45) is 5.73 Å². The minimum Gasteiger partial charge on any atom is -0.493 e. The van der Waals surface area contributed by atoms with Crippen LogP contribution < -0.4 is 25.8 Å². The monoisotopic (exact) mass is 676 g/mol. The number of thiophene rings is 1. The highest BCUT2D eigenvalue weighted by Gasteiger charge is 2.27. The molecule has 0 fully saturated rings. The number of hydrogen-bond acceptors (Lipinski definition) is 9. The standard InChI is InChI=1S/C38H36N4O6S/c1-3-15-40-37(44)31-12-10-26(34(41-31)38(45)46-2)27-20-32-29(35-25(13-16-47-32)14-17-49-35)19-28(27)36(43)42-30-11-9-24(21-39)18-33(30)48-22-23-7-5-4-6-8-23/h4-12,14,17-20H,3,13,15-16,21-22,39H2,1-2H3,(H,40,44)(H,42,43). The predicted octanol–water partition coefficient (Wildman–Crippen LogP) is 6.63. The lowest BCUT2D eigenvalue weighted by Gasteiger charge is -2.18. The van der Waals surface area contributed by atoms with E-state index in [4.69, 9.17) is 19.9 Å². The molecule has 1 aliphatic heterocycles. The molecule has 2 aromatic heterocycles. The number of methoxy groups -OCH3 is 1. The molecule has 0 spiro atoms. The van der Waals surface area contributed by atoms with Gasteiger partial charge in [0.1, 0.15) is 23.8 Å². The average molecular weight is 677 g/mol. The first-order valence-electron chi connectivity index (χ1n) is 16.0. The number of esters is 1. The normalized spacial score (nSPS) is 11.7. The van der Waals surface area contributed by atoms with Crippen LogP contribution in [0, 0.1) is 0 Å². The molecule has 4 N–H and O–H groups in total. The Morgan fingerprint density at radius 3 is 2.55 bits per heavy atom. The number of aromatic nitrogens is 1. The van der Waals surface area contributed by atoms with Gasteiger partial charge < -0.3 is 30.6 Å². The van der Waals surface area contributed by atoms with Gasteiger partial charge in [-0.05, 0) is 71.0 Å². The van der Waals surface area contributed by atoms with Gasteiger partial charge in [0.15, 0.2) is 5.69 Å². The molecule has 3 aromatic carbocycles. The average Bonchev–Trinajstić information content (AvgIpc) is 3.54. The fourth-order valence-corrected chi connectivity index (χ4v) is 6.53. The lowest BCUT2D eigenvalue weighted by atomic mass is 9.93. The minimum atomic E-state index is -0.753. The Hall–Kier alpha value is -5.52. The third-order valence-corrected chi connectivity index (χ3v) is 9.07. The Labute approximate surface area is 288 Å².